The molecule has 0 aliphatic heterocycles. The van der Waals surface area contributed by atoms with E-state index in [-0.39, 0.29) is 0 Å². The van der Waals surface area contributed by atoms with Crippen molar-refractivity contribution >= 4 is 17.4 Å². The second-order valence-electron chi connectivity index (χ2n) is 2.83. The van der Waals surface area contributed by atoms with Gasteiger partial charge < -0.3 is 0 Å². The molecule has 1 rings (SSSR count). The minimum Gasteiger partial charge on any atom is -0.258 e. The van der Waals surface area contributed by atoms with E-state index in [1.165, 1.54) is 0 Å². The molecule has 0 aromatic heterocycles. The number of rotatable bonds is 2. The number of nitro groups is 1. The third-order valence-corrected chi connectivity index (χ3v) is 2.51. The summed E-state index contributed by atoms with van der Waals surface area (Å²) in [5, 5.41) is 10.4. The molecule has 0 atom stereocenters. The first-order valence-electron chi connectivity index (χ1n) is 3.91. The van der Waals surface area contributed by atoms with E-state index >= 15 is 0 Å². The van der Waals surface area contributed by atoms with E-state index in [0.717, 1.165) is 19.1 Å². The van der Waals surface area contributed by atoms with Gasteiger partial charge in [0.25, 0.3) is 5.69 Å². The molecule has 0 saturated heterocycles. The van der Waals surface area contributed by atoms with Gasteiger partial charge in [-0.1, -0.05) is 0 Å². The molecular weight excluding hydrogens is 250 g/mol. The van der Waals surface area contributed by atoms with Crippen LogP contribution >= 0.6 is 11.8 Å². The molecule has 0 heterocycles. The fourth-order valence-electron chi connectivity index (χ4n) is 1.05. The van der Waals surface area contributed by atoms with Crippen LogP contribution in [0.15, 0.2) is 17.0 Å². The predicted octanol–water partition coefficient (Wildman–Crippen LogP) is 3.65. The third kappa shape index (κ3) is 2.84. The molecular formula is C8H5F4NO2S. The van der Waals surface area contributed by atoms with Crippen molar-refractivity contribution in [1.82, 2.24) is 0 Å². The third-order valence-electron chi connectivity index (χ3n) is 1.74. The smallest absolute Gasteiger partial charge is 0.258 e. The maximum Gasteiger partial charge on any atom is 0.446 e. The average Bonchev–Trinajstić information content (AvgIpc) is 2.10. The Labute approximate surface area is 91.6 Å². The molecule has 0 N–H and O–H groups in total. The molecule has 0 aliphatic rings. The summed E-state index contributed by atoms with van der Waals surface area (Å²) in [6.45, 7) is 1.06. The van der Waals surface area contributed by atoms with Crippen molar-refractivity contribution in [2.45, 2.75) is 17.3 Å². The SMILES string of the molecule is Cc1c([N+](=O)[O-])ccc(SC(F)(F)F)c1F. The lowest BCUT2D eigenvalue weighted by molar-refractivity contribution is -0.385. The van der Waals surface area contributed by atoms with Crippen molar-refractivity contribution in [2.24, 2.45) is 0 Å². The highest BCUT2D eigenvalue weighted by Crippen LogP contribution is 2.40. The van der Waals surface area contributed by atoms with E-state index in [2.05, 4.69) is 0 Å². The normalized spacial score (nSPS) is 11.6. The summed E-state index contributed by atoms with van der Waals surface area (Å²) in [6.07, 6.45) is 0. The summed E-state index contributed by atoms with van der Waals surface area (Å²) in [6, 6.07) is 1.60. The van der Waals surface area contributed by atoms with E-state index in [0.29, 0.717) is 0 Å². The van der Waals surface area contributed by atoms with Gasteiger partial charge in [-0.2, -0.15) is 13.2 Å². The van der Waals surface area contributed by atoms with Gasteiger partial charge in [-0.25, -0.2) is 4.39 Å². The van der Waals surface area contributed by atoms with Crippen LogP contribution in [0.4, 0.5) is 23.2 Å². The molecule has 88 valence electrons. The van der Waals surface area contributed by atoms with Crippen molar-refractivity contribution in [3.05, 3.63) is 33.6 Å². The summed E-state index contributed by atoms with van der Waals surface area (Å²) >= 11 is -0.636. The fraction of sp³-hybridized carbons (Fsp3) is 0.250. The van der Waals surface area contributed by atoms with Crippen molar-refractivity contribution in [2.75, 3.05) is 0 Å². The first-order chi connectivity index (χ1) is 7.22. The highest BCUT2D eigenvalue weighted by Gasteiger charge is 2.32. The molecule has 8 heteroatoms. The lowest BCUT2D eigenvalue weighted by Gasteiger charge is -2.08. The topological polar surface area (TPSA) is 43.1 Å². The van der Waals surface area contributed by atoms with Crippen LogP contribution in [0.25, 0.3) is 0 Å². The van der Waals surface area contributed by atoms with E-state index < -0.39 is 44.2 Å². The maximum absolute atomic E-state index is 13.3. The van der Waals surface area contributed by atoms with Gasteiger partial charge in [0, 0.05) is 6.07 Å². The van der Waals surface area contributed by atoms with Crippen LogP contribution < -0.4 is 0 Å². The van der Waals surface area contributed by atoms with E-state index in [1.54, 1.807) is 0 Å². The van der Waals surface area contributed by atoms with Crippen molar-refractivity contribution in [3.63, 3.8) is 0 Å². The van der Waals surface area contributed by atoms with Crippen LogP contribution in [0.3, 0.4) is 0 Å². The largest absolute Gasteiger partial charge is 0.446 e. The quantitative estimate of drug-likeness (QED) is 0.350. The van der Waals surface area contributed by atoms with E-state index in [4.69, 9.17) is 0 Å². The molecule has 0 fully saturated rings. The Kier molecular flexibility index (Phi) is 3.41. The van der Waals surface area contributed by atoms with Crippen molar-refractivity contribution in [1.29, 1.82) is 0 Å². The van der Waals surface area contributed by atoms with Crippen LogP contribution in [0.2, 0.25) is 0 Å². The van der Waals surface area contributed by atoms with Gasteiger partial charge in [0.2, 0.25) is 0 Å². The number of halogens is 4. The molecule has 1 aromatic rings. The summed E-state index contributed by atoms with van der Waals surface area (Å²) in [5.41, 5.74) is -5.56. The number of benzene rings is 1. The van der Waals surface area contributed by atoms with E-state index in [1.807, 2.05) is 0 Å². The number of nitrogens with zero attached hydrogens (tertiary/aromatic N) is 1. The molecule has 0 saturated carbocycles. The Morgan fingerprint density at radius 2 is 1.94 bits per heavy atom. The molecule has 16 heavy (non-hydrogen) atoms. The predicted molar refractivity (Wildman–Crippen MR) is 49.7 cm³/mol. The number of thioether (sulfide) groups is 1. The molecule has 0 aliphatic carbocycles. The number of nitro benzene ring substituents is 1. The van der Waals surface area contributed by atoms with Crippen LogP contribution in [0, 0.1) is 22.9 Å². The Bertz CT molecular complexity index is 433. The molecule has 3 nitrogen and oxygen atoms in total. The zero-order valence-corrected chi connectivity index (χ0v) is 8.66. The zero-order chi connectivity index (χ0) is 12.5. The lowest BCUT2D eigenvalue weighted by atomic mass is 10.2. The highest BCUT2D eigenvalue weighted by molar-refractivity contribution is 8.00. The maximum atomic E-state index is 13.3. The Hall–Kier alpha value is -1.31. The second-order valence-corrected chi connectivity index (χ2v) is 3.93. The molecule has 0 radical (unpaired) electrons. The molecule has 0 bridgehead atoms. The first kappa shape index (κ1) is 12.8. The fourth-order valence-corrected chi connectivity index (χ4v) is 1.68. The average molecular weight is 255 g/mol. The summed E-state index contributed by atoms with van der Waals surface area (Å²) in [7, 11) is 0. The van der Waals surface area contributed by atoms with Crippen molar-refractivity contribution in [3.8, 4) is 0 Å². The number of hydrogen-bond acceptors (Lipinski definition) is 3. The van der Waals surface area contributed by atoms with Gasteiger partial charge in [0.05, 0.1) is 15.4 Å². The summed E-state index contributed by atoms with van der Waals surface area (Å²) < 4.78 is 49.3. The summed E-state index contributed by atoms with van der Waals surface area (Å²) in [4.78, 5) is 8.86. The number of hydrogen-bond donors (Lipinski definition) is 0. The van der Waals surface area contributed by atoms with Crippen LogP contribution in [0.5, 0.6) is 0 Å². The van der Waals surface area contributed by atoms with E-state index in [9.17, 15) is 27.7 Å². The molecule has 0 spiro atoms. The highest BCUT2D eigenvalue weighted by atomic mass is 32.2. The van der Waals surface area contributed by atoms with Gasteiger partial charge >= 0.3 is 5.51 Å². The summed E-state index contributed by atoms with van der Waals surface area (Å²) in [5.74, 6) is -1.21. The van der Waals surface area contributed by atoms with Gasteiger partial charge in [-0.3, -0.25) is 10.1 Å². The van der Waals surface area contributed by atoms with Gasteiger partial charge in [-0.15, -0.1) is 0 Å². The number of alkyl halides is 3. The Balaban J connectivity index is 3.17. The standard InChI is InChI=1S/C8H5F4NO2S/c1-4-5(13(14)15)2-3-6(7(4)9)16-8(10,11)12/h2-3H,1H3. The minimum absolute atomic E-state index is 0.403. The van der Waals surface area contributed by atoms with Crippen molar-refractivity contribution < 1.29 is 22.5 Å². The van der Waals surface area contributed by atoms with Gasteiger partial charge in [-0.05, 0) is 24.8 Å². The minimum atomic E-state index is -4.62. The van der Waals surface area contributed by atoms with Crippen LogP contribution in [-0.2, 0) is 0 Å². The molecule has 0 unspecified atom stereocenters. The molecule has 0 amide bonds. The lowest BCUT2D eigenvalue weighted by Crippen LogP contribution is -2.02. The first-order valence-corrected chi connectivity index (χ1v) is 4.73. The van der Waals surface area contributed by atoms with Gasteiger partial charge in [0.15, 0.2) is 0 Å². The van der Waals surface area contributed by atoms with Crippen LogP contribution in [0.1, 0.15) is 5.56 Å². The monoisotopic (exact) mass is 255 g/mol. The van der Waals surface area contributed by atoms with Crippen LogP contribution in [-0.4, -0.2) is 10.4 Å². The zero-order valence-electron chi connectivity index (χ0n) is 7.84. The Morgan fingerprint density at radius 3 is 2.38 bits per heavy atom. The van der Waals surface area contributed by atoms with Gasteiger partial charge in [0.1, 0.15) is 5.82 Å². The Morgan fingerprint density at radius 1 is 1.38 bits per heavy atom. The second kappa shape index (κ2) is 4.28. The molecule has 1 aromatic carbocycles.